The number of aliphatic hydroxyl groups is 3. The van der Waals surface area contributed by atoms with Crippen LogP contribution >= 0.6 is 0 Å². The lowest BCUT2D eigenvalue weighted by Crippen LogP contribution is -2.42. The zero-order valence-corrected chi connectivity index (χ0v) is 49.9. The minimum absolute atomic E-state index is 0.0232. The van der Waals surface area contributed by atoms with Crippen molar-refractivity contribution in [2.75, 3.05) is 17.2 Å². The Morgan fingerprint density at radius 3 is 0.792 bits per heavy atom. The Morgan fingerprint density at radius 2 is 0.583 bits per heavy atom. The minimum Gasteiger partial charge on any atom is -0.474 e. The largest absolute Gasteiger partial charge is 0.474 e. The molecule has 0 amide bonds. The molecule has 12 bridgehead atoms. The number of aromatic nitrogens is 9. The van der Waals surface area contributed by atoms with Crippen molar-refractivity contribution in [3.05, 3.63) is 52.6 Å². The maximum atomic E-state index is 13.7. The van der Waals surface area contributed by atoms with Crippen LogP contribution in [-0.4, -0.2) is 97.7 Å². The van der Waals surface area contributed by atoms with E-state index in [0.717, 1.165) is 38.5 Å². The van der Waals surface area contributed by atoms with Crippen molar-refractivity contribution >= 4 is 17.1 Å². The van der Waals surface area contributed by atoms with Crippen molar-refractivity contribution < 1.29 is 122 Å². The van der Waals surface area contributed by atoms with E-state index in [1.165, 1.54) is 0 Å². The molecule has 3 aliphatic carbocycles. The summed E-state index contributed by atoms with van der Waals surface area (Å²) in [6.45, 7) is 0. The van der Waals surface area contributed by atoms with Crippen molar-refractivity contribution in [1.29, 1.82) is 0 Å². The maximum absolute atomic E-state index is 13.7. The van der Waals surface area contributed by atoms with Crippen LogP contribution < -0.4 is 31.4 Å². The first-order valence-corrected chi connectivity index (χ1v) is 30.2. The number of halogens is 18. The highest BCUT2D eigenvalue weighted by Gasteiger charge is 2.61. The molecule has 0 radical (unpaired) electrons. The highest BCUT2D eigenvalue weighted by atomic mass is 19.4. The van der Waals surface area contributed by atoms with Gasteiger partial charge in [-0.1, -0.05) is 19.3 Å². The SMILES string of the molecule is Nc1cc(C(F)(F)F)c2nc1-c1nnc(o1)[C@@](O)(C(F)(F)F)CCCCCC(C1CC1)O2.Nc1cc(C(F)(F)F)c2nc1-c1nnc(o1)[C@@](O)(C(F)(F)F)CCCCCC(C1CC1)O2.Nc1cc(C(F)(F)F)c2nc1-c1nnc(o1)[C@@](O)(C(F)(F)F)CCCCCC(C1CC1)O2. The van der Waals surface area contributed by atoms with Gasteiger partial charge in [0.05, 0.1) is 17.1 Å². The summed E-state index contributed by atoms with van der Waals surface area (Å²) in [6.07, 6.45) is -26.1. The van der Waals surface area contributed by atoms with Crippen LogP contribution in [0.5, 0.6) is 17.6 Å². The van der Waals surface area contributed by atoms with Gasteiger partial charge in [-0.2, -0.15) is 79.0 Å². The smallest absolute Gasteiger partial charge is 0.426 e. The van der Waals surface area contributed by atoms with E-state index in [0.29, 0.717) is 76.0 Å². The number of anilines is 3. The quantitative estimate of drug-likeness (QED) is 0.0897. The topological polar surface area (TPSA) is 322 Å². The number of rotatable bonds is 3. The number of fused-ring (bicyclic) bond motifs is 15. The lowest BCUT2D eigenvalue weighted by Gasteiger charge is -2.27. The van der Waals surface area contributed by atoms with E-state index in [1.54, 1.807) is 0 Å². The highest BCUT2D eigenvalue weighted by molar-refractivity contribution is 5.70. The predicted octanol–water partition coefficient (Wildman–Crippen LogP) is 13.8. The van der Waals surface area contributed by atoms with Gasteiger partial charge < -0.3 is 60.0 Å². The van der Waals surface area contributed by atoms with Crippen LogP contribution in [0.4, 0.5) is 96.1 Å². The summed E-state index contributed by atoms with van der Waals surface area (Å²) in [4.78, 5) is 11.4. The van der Waals surface area contributed by atoms with Crippen LogP contribution in [0.15, 0.2) is 31.5 Å². The molecule has 12 rings (SSSR count). The van der Waals surface area contributed by atoms with Gasteiger partial charge in [-0.25, -0.2) is 15.0 Å². The molecule has 6 aliphatic rings. The van der Waals surface area contributed by atoms with Crippen LogP contribution in [-0.2, 0) is 35.3 Å². The first-order valence-electron chi connectivity index (χ1n) is 30.2. The number of alkyl halides is 18. The number of hydrogen-bond donors (Lipinski definition) is 6. The molecule has 3 fully saturated rings. The third kappa shape index (κ3) is 15.3. The second-order valence-electron chi connectivity index (χ2n) is 24.4. The van der Waals surface area contributed by atoms with Gasteiger partial charge in [0.15, 0.2) is 17.1 Å². The van der Waals surface area contributed by atoms with Crippen LogP contribution in [0.2, 0.25) is 0 Å². The second-order valence-corrected chi connectivity index (χ2v) is 24.4. The predicted molar refractivity (Wildman–Crippen MR) is 291 cm³/mol. The summed E-state index contributed by atoms with van der Waals surface area (Å²) in [6, 6.07) is 1.73. The van der Waals surface area contributed by atoms with Gasteiger partial charge in [-0.3, -0.25) is 0 Å². The maximum Gasteiger partial charge on any atom is 0.426 e. The molecule has 39 heteroatoms. The third-order valence-corrected chi connectivity index (χ3v) is 17.1. The molecular weight excluding hydrogens is 1340 g/mol. The molecule has 9 heterocycles. The van der Waals surface area contributed by atoms with Crippen LogP contribution in [0.25, 0.3) is 34.8 Å². The number of nitrogens with two attached hydrogens (primary N) is 3. The fourth-order valence-corrected chi connectivity index (χ4v) is 11.2. The molecule has 6 aromatic rings. The van der Waals surface area contributed by atoms with E-state index in [1.807, 2.05) is 0 Å². The molecule has 9 N–H and O–H groups in total. The number of ether oxygens (including phenoxy) is 3. The second kappa shape index (κ2) is 26.3. The summed E-state index contributed by atoms with van der Waals surface area (Å²) < 4.78 is 277. The molecular formula is C57H60F18N12O9. The van der Waals surface area contributed by atoms with Gasteiger partial charge in [-0.05, 0) is 152 Å². The van der Waals surface area contributed by atoms with E-state index < -0.39 is 195 Å². The van der Waals surface area contributed by atoms with Crippen LogP contribution in [0, 0.1) is 17.8 Å². The summed E-state index contributed by atoms with van der Waals surface area (Å²) in [5.41, 5.74) is 0.287. The first kappa shape index (κ1) is 71.1. The van der Waals surface area contributed by atoms with Gasteiger partial charge in [-0.15, -0.1) is 30.6 Å². The van der Waals surface area contributed by atoms with Crippen molar-refractivity contribution in [2.24, 2.45) is 17.8 Å². The lowest BCUT2D eigenvalue weighted by atomic mass is 9.94. The molecule has 3 unspecified atom stereocenters. The van der Waals surface area contributed by atoms with E-state index in [4.69, 9.17) is 44.7 Å². The molecule has 0 spiro atoms. The number of nitrogen functional groups attached to an aromatic ring is 3. The normalized spacial score (nSPS) is 25.2. The van der Waals surface area contributed by atoms with E-state index >= 15 is 0 Å². The minimum atomic E-state index is -5.11. The highest BCUT2D eigenvalue weighted by Crippen LogP contribution is 2.51. The third-order valence-electron chi connectivity index (χ3n) is 17.1. The molecule has 3 aliphatic heterocycles. The van der Waals surface area contributed by atoms with Crippen molar-refractivity contribution in [2.45, 2.75) is 207 Å². The summed E-state index contributed by atoms with van der Waals surface area (Å²) in [5, 5.41) is 51.4. The number of hydrogen-bond acceptors (Lipinski definition) is 21. The van der Waals surface area contributed by atoms with Crippen molar-refractivity contribution in [3.63, 3.8) is 0 Å². The fourth-order valence-electron chi connectivity index (χ4n) is 11.2. The Kier molecular flexibility index (Phi) is 19.4. The number of nitrogens with zero attached hydrogens (tertiary/aromatic N) is 9. The van der Waals surface area contributed by atoms with Crippen LogP contribution in [0.1, 0.15) is 169 Å². The van der Waals surface area contributed by atoms with Gasteiger partial charge in [0.2, 0.25) is 34.4 Å². The van der Waals surface area contributed by atoms with Gasteiger partial charge >= 0.3 is 37.1 Å². The zero-order chi connectivity index (χ0) is 69.9. The van der Waals surface area contributed by atoms with Crippen molar-refractivity contribution in [3.8, 4) is 52.4 Å². The molecule has 6 aromatic heterocycles. The standard InChI is InChI=1S/3C19H20F6N4O3/c3*20-18(21,22)10-8-11(26)13-15-28-29-16(32-15)17(30,19(23,24)25)7-3-1-2-4-12(9-5-6-9)31-14(10)27-13/h3*8-9,12,30H,1-7,26H2/t3*12?,17-/m111/s1. The van der Waals surface area contributed by atoms with Gasteiger partial charge in [0.1, 0.15) is 35.0 Å². The summed E-state index contributed by atoms with van der Waals surface area (Å²) >= 11 is 0. The van der Waals surface area contributed by atoms with E-state index in [9.17, 15) is 94.3 Å². The van der Waals surface area contributed by atoms with Gasteiger partial charge in [0.25, 0.3) is 35.3 Å². The molecule has 0 saturated heterocycles. The average Bonchev–Trinajstić information content (AvgIpc) is 1.52. The molecule has 0 aromatic carbocycles. The Labute approximate surface area is 530 Å². The Bertz CT molecular complexity index is 3340. The molecule has 96 heavy (non-hydrogen) atoms. The fraction of sp³-hybridized carbons (Fsp3) is 0.632. The lowest BCUT2D eigenvalue weighted by molar-refractivity contribution is -0.277. The Balaban J connectivity index is 0.000000157. The monoisotopic (exact) mass is 1400 g/mol. The molecule has 3 saturated carbocycles. The summed E-state index contributed by atoms with van der Waals surface area (Å²) in [5.74, 6) is -7.48. The average molecular weight is 1400 g/mol. The van der Waals surface area contributed by atoms with Crippen LogP contribution in [0.3, 0.4) is 0 Å². The molecule has 21 nitrogen and oxygen atoms in total. The molecule has 528 valence electrons. The first-order chi connectivity index (χ1) is 44.7. The summed E-state index contributed by atoms with van der Waals surface area (Å²) in [7, 11) is 0. The zero-order valence-electron chi connectivity index (χ0n) is 49.9. The van der Waals surface area contributed by atoms with E-state index in [2.05, 4.69) is 45.5 Å². The molecule has 6 atom stereocenters. The van der Waals surface area contributed by atoms with E-state index in [-0.39, 0.29) is 37.0 Å². The number of pyridine rings is 3. The Morgan fingerprint density at radius 1 is 0.344 bits per heavy atom. The Hall–Kier alpha value is -7.71. The van der Waals surface area contributed by atoms with Crippen molar-refractivity contribution in [1.82, 2.24) is 45.5 Å². The van der Waals surface area contributed by atoms with Gasteiger partial charge in [0, 0.05) is 0 Å².